The number of benzene rings is 1. The average molecular weight is 226 g/mol. The fraction of sp³-hybridized carbons (Fsp3) is 0.462. The van der Waals surface area contributed by atoms with Crippen LogP contribution in [0.15, 0.2) is 24.3 Å². The molecule has 0 N–H and O–H groups in total. The van der Waals surface area contributed by atoms with Crippen LogP contribution in [-0.2, 0) is 6.42 Å². The van der Waals surface area contributed by atoms with Crippen molar-refractivity contribution in [3.8, 4) is 0 Å². The van der Waals surface area contributed by atoms with Gasteiger partial charge in [-0.2, -0.15) is 0 Å². The molecule has 0 heterocycles. The molecule has 0 aliphatic heterocycles. The van der Waals surface area contributed by atoms with E-state index < -0.39 is 6.43 Å². The largest absolute Gasteiger partial charge is 0.294 e. The Morgan fingerprint density at radius 1 is 1.25 bits per heavy atom. The van der Waals surface area contributed by atoms with Crippen molar-refractivity contribution in [2.75, 3.05) is 0 Å². The average Bonchev–Trinajstić information content (AvgIpc) is 2.26. The third-order valence-electron chi connectivity index (χ3n) is 2.42. The van der Waals surface area contributed by atoms with Crippen molar-refractivity contribution in [2.24, 2.45) is 0 Å². The molecule has 1 nitrogen and oxygen atoms in total. The number of carbonyl (C=O) groups excluding carboxylic acids is 1. The summed E-state index contributed by atoms with van der Waals surface area (Å²) in [6.45, 7) is 2.03. The van der Waals surface area contributed by atoms with Crippen molar-refractivity contribution < 1.29 is 13.6 Å². The van der Waals surface area contributed by atoms with E-state index in [-0.39, 0.29) is 12.2 Å². The number of rotatable bonds is 6. The molecule has 0 fully saturated rings. The van der Waals surface area contributed by atoms with Crippen LogP contribution in [0.2, 0.25) is 0 Å². The number of halogens is 2. The van der Waals surface area contributed by atoms with Gasteiger partial charge in [0.25, 0.3) is 0 Å². The Bertz CT molecular complexity index is 330. The van der Waals surface area contributed by atoms with E-state index in [1.165, 1.54) is 0 Å². The lowest BCUT2D eigenvalue weighted by molar-refractivity contribution is 0.0980. The minimum atomic E-state index is -2.33. The van der Waals surface area contributed by atoms with Crippen LogP contribution in [-0.4, -0.2) is 12.2 Å². The molecule has 88 valence electrons. The number of carbonyl (C=O) groups is 1. The molecule has 0 aliphatic carbocycles. The fourth-order valence-electron chi connectivity index (χ4n) is 1.49. The van der Waals surface area contributed by atoms with Gasteiger partial charge in [0.05, 0.1) is 0 Å². The highest BCUT2D eigenvalue weighted by Gasteiger charge is 2.07. The van der Waals surface area contributed by atoms with E-state index >= 15 is 0 Å². The Kier molecular flexibility index (Phi) is 5.09. The second-order valence-electron chi connectivity index (χ2n) is 3.82. The van der Waals surface area contributed by atoms with Gasteiger partial charge >= 0.3 is 0 Å². The van der Waals surface area contributed by atoms with Gasteiger partial charge in [-0.25, -0.2) is 8.78 Å². The molecule has 0 aromatic heterocycles. The van der Waals surface area contributed by atoms with E-state index in [0.29, 0.717) is 17.5 Å². The zero-order valence-electron chi connectivity index (χ0n) is 9.38. The number of unbranched alkanes of at least 4 members (excludes halogenated alkanes) is 1. The van der Waals surface area contributed by atoms with Gasteiger partial charge in [-0.1, -0.05) is 37.6 Å². The van der Waals surface area contributed by atoms with E-state index in [9.17, 15) is 13.6 Å². The SMILES string of the molecule is CCCCC(=O)c1ccc(CC(F)F)cc1. The topological polar surface area (TPSA) is 17.1 Å². The molecule has 0 unspecified atom stereocenters. The highest BCUT2D eigenvalue weighted by Crippen LogP contribution is 2.11. The summed E-state index contributed by atoms with van der Waals surface area (Å²) in [5.41, 5.74) is 1.19. The molecule has 0 bridgehead atoms. The summed E-state index contributed by atoms with van der Waals surface area (Å²) in [5.74, 6) is 0.0884. The first-order chi connectivity index (χ1) is 7.63. The number of ketones is 1. The molecule has 0 aliphatic rings. The smallest absolute Gasteiger partial charge is 0.242 e. The molecule has 0 saturated heterocycles. The van der Waals surface area contributed by atoms with Crippen molar-refractivity contribution in [3.63, 3.8) is 0 Å². The van der Waals surface area contributed by atoms with Crippen LogP contribution >= 0.6 is 0 Å². The van der Waals surface area contributed by atoms with Crippen LogP contribution in [0.5, 0.6) is 0 Å². The fourth-order valence-corrected chi connectivity index (χ4v) is 1.49. The summed E-state index contributed by atoms with van der Waals surface area (Å²) in [6.07, 6.45) is -0.192. The maximum atomic E-state index is 12.1. The zero-order chi connectivity index (χ0) is 12.0. The second-order valence-corrected chi connectivity index (χ2v) is 3.82. The molecular weight excluding hydrogens is 210 g/mol. The summed E-state index contributed by atoms with van der Waals surface area (Å²) in [7, 11) is 0. The first-order valence-electron chi connectivity index (χ1n) is 5.53. The lowest BCUT2D eigenvalue weighted by atomic mass is 10.0. The Morgan fingerprint density at radius 2 is 1.88 bits per heavy atom. The highest BCUT2D eigenvalue weighted by molar-refractivity contribution is 5.96. The van der Waals surface area contributed by atoms with Crippen molar-refractivity contribution >= 4 is 5.78 Å². The van der Waals surface area contributed by atoms with Gasteiger partial charge in [-0.05, 0) is 12.0 Å². The van der Waals surface area contributed by atoms with Crippen molar-refractivity contribution in [3.05, 3.63) is 35.4 Å². The van der Waals surface area contributed by atoms with Gasteiger partial charge in [-0.3, -0.25) is 4.79 Å². The van der Waals surface area contributed by atoms with Crippen LogP contribution in [0.4, 0.5) is 8.78 Å². The summed E-state index contributed by atoms with van der Waals surface area (Å²) >= 11 is 0. The van der Waals surface area contributed by atoms with Gasteiger partial charge < -0.3 is 0 Å². The first-order valence-corrected chi connectivity index (χ1v) is 5.53. The highest BCUT2D eigenvalue weighted by atomic mass is 19.3. The number of hydrogen-bond donors (Lipinski definition) is 0. The molecule has 1 aromatic rings. The number of hydrogen-bond acceptors (Lipinski definition) is 1. The Labute approximate surface area is 94.5 Å². The Balaban J connectivity index is 2.60. The minimum absolute atomic E-state index is 0.0884. The third kappa shape index (κ3) is 4.09. The zero-order valence-corrected chi connectivity index (χ0v) is 9.38. The van der Waals surface area contributed by atoms with Gasteiger partial charge in [0.2, 0.25) is 6.43 Å². The van der Waals surface area contributed by atoms with Crippen LogP contribution in [0.25, 0.3) is 0 Å². The minimum Gasteiger partial charge on any atom is -0.294 e. The molecular formula is C13H16F2O. The van der Waals surface area contributed by atoms with Crippen LogP contribution < -0.4 is 0 Å². The van der Waals surface area contributed by atoms with Gasteiger partial charge in [-0.15, -0.1) is 0 Å². The van der Waals surface area contributed by atoms with Gasteiger partial charge in [0.15, 0.2) is 5.78 Å². The van der Waals surface area contributed by atoms with Gasteiger partial charge in [0.1, 0.15) is 0 Å². The molecule has 0 saturated carbocycles. The third-order valence-corrected chi connectivity index (χ3v) is 2.42. The molecule has 1 aromatic carbocycles. The standard InChI is InChI=1S/C13H16F2O/c1-2-3-4-12(16)11-7-5-10(6-8-11)9-13(14)15/h5-8,13H,2-4,9H2,1H3. The number of Topliss-reactive ketones (excluding diaryl/α,β-unsaturated/α-hetero) is 1. The quantitative estimate of drug-likeness (QED) is 0.673. The van der Waals surface area contributed by atoms with E-state index in [4.69, 9.17) is 0 Å². The van der Waals surface area contributed by atoms with Crippen molar-refractivity contribution in [2.45, 2.75) is 39.0 Å². The Morgan fingerprint density at radius 3 is 2.38 bits per heavy atom. The Hall–Kier alpha value is -1.25. The molecule has 0 amide bonds. The van der Waals surface area contributed by atoms with Crippen LogP contribution in [0, 0.1) is 0 Å². The number of alkyl halides is 2. The molecule has 0 radical (unpaired) electrons. The predicted octanol–water partition coefficient (Wildman–Crippen LogP) is 3.87. The maximum absolute atomic E-state index is 12.1. The van der Waals surface area contributed by atoms with Crippen molar-refractivity contribution in [1.29, 1.82) is 0 Å². The normalized spacial score (nSPS) is 10.8. The second kappa shape index (κ2) is 6.36. The summed E-state index contributed by atoms with van der Waals surface area (Å²) < 4.78 is 24.2. The molecule has 16 heavy (non-hydrogen) atoms. The van der Waals surface area contributed by atoms with Gasteiger partial charge in [0, 0.05) is 18.4 Å². The molecule has 1 rings (SSSR count). The van der Waals surface area contributed by atoms with E-state index in [0.717, 1.165) is 12.8 Å². The molecule has 0 spiro atoms. The van der Waals surface area contributed by atoms with Crippen molar-refractivity contribution in [1.82, 2.24) is 0 Å². The van der Waals surface area contributed by atoms with Crippen LogP contribution in [0.1, 0.15) is 42.1 Å². The predicted molar refractivity (Wildman–Crippen MR) is 60.0 cm³/mol. The lowest BCUT2D eigenvalue weighted by Gasteiger charge is -2.03. The molecule has 3 heteroatoms. The van der Waals surface area contributed by atoms with E-state index in [1.54, 1.807) is 24.3 Å². The lowest BCUT2D eigenvalue weighted by Crippen LogP contribution is -2.00. The molecule has 0 atom stereocenters. The summed E-state index contributed by atoms with van der Waals surface area (Å²) in [4.78, 5) is 11.6. The monoisotopic (exact) mass is 226 g/mol. The first kappa shape index (κ1) is 12.8. The van der Waals surface area contributed by atoms with E-state index in [2.05, 4.69) is 0 Å². The maximum Gasteiger partial charge on any atom is 0.242 e. The summed E-state index contributed by atoms with van der Waals surface area (Å²) in [6, 6.07) is 6.47. The van der Waals surface area contributed by atoms with E-state index in [1.807, 2.05) is 6.92 Å². The van der Waals surface area contributed by atoms with Crippen LogP contribution in [0.3, 0.4) is 0 Å². The summed E-state index contributed by atoms with van der Waals surface area (Å²) in [5, 5.41) is 0.